The average Bonchev–Trinajstić information content (AvgIpc) is 2.38. The first-order chi connectivity index (χ1) is 8.44. The molecule has 4 heteroatoms. The van der Waals surface area contributed by atoms with Crippen molar-refractivity contribution in [2.24, 2.45) is 11.7 Å². The summed E-state index contributed by atoms with van der Waals surface area (Å²) in [6.07, 6.45) is 0. The van der Waals surface area contributed by atoms with E-state index in [9.17, 15) is 4.79 Å². The smallest absolute Gasteiger partial charge is 0.255 e. The van der Waals surface area contributed by atoms with Gasteiger partial charge in [0.2, 0.25) is 0 Å². The highest BCUT2D eigenvalue weighted by molar-refractivity contribution is 5.97. The monoisotopic (exact) mass is 250 g/mol. The number of carbonyl (C=O) groups is 1. The van der Waals surface area contributed by atoms with E-state index in [2.05, 4.69) is 5.32 Å². The lowest BCUT2D eigenvalue weighted by atomic mass is 9.88. The molecule has 0 aliphatic rings. The van der Waals surface area contributed by atoms with Crippen LogP contribution in [0.3, 0.4) is 0 Å². The molecule has 18 heavy (non-hydrogen) atoms. The van der Waals surface area contributed by atoms with E-state index < -0.39 is 5.54 Å². The molecular formula is C14H22N2O2. The minimum Gasteiger partial charge on any atom is -0.496 e. The Balaban J connectivity index is 2.95. The van der Waals surface area contributed by atoms with Crippen molar-refractivity contribution in [2.75, 3.05) is 13.7 Å². The summed E-state index contributed by atoms with van der Waals surface area (Å²) in [6.45, 7) is 6.42. The number of amides is 1. The van der Waals surface area contributed by atoms with E-state index in [0.717, 1.165) is 0 Å². The van der Waals surface area contributed by atoms with E-state index >= 15 is 0 Å². The van der Waals surface area contributed by atoms with Gasteiger partial charge in [-0.3, -0.25) is 4.79 Å². The summed E-state index contributed by atoms with van der Waals surface area (Å²) in [6, 6.07) is 7.16. The summed E-state index contributed by atoms with van der Waals surface area (Å²) in [5, 5.41) is 2.99. The van der Waals surface area contributed by atoms with Gasteiger partial charge in [0.1, 0.15) is 5.75 Å². The predicted octanol–water partition coefficient (Wildman–Crippen LogP) is 1.80. The molecule has 1 amide bonds. The maximum atomic E-state index is 12.3. The maximum absolute atomic E-state index is 12.3. The lowest BCUT2D eigenvalue weighted by Gasteiger charge is -2.33. The number of rotatable bonds is 5. The van der Waals surface area contributed by atoms with Gasteiger partial charge in [-0.2, -0.15) is 0 Å². The fourth-order valence-corrected chi connectivity index (χ4v) is 1.59. The first-order valence-electron chi connectivity index (χ1n) is 6.10. The Bertz CT molecular complexity index is 418. The standard InChI is InChI=1S/C14H22N2O2/c1-10(2)14(3,9-15)16-13(17)11-7-5-6-8-12(11)18-4/h5-8,10H,9,15H2,1-4H3,(H,16,17). The fraction of sp³-hybridized carbons (Fsp3) is 0.500. The molecule has 1 rings (SSSR count). The Morgan fingerprint density at radius 3 is 2.56 bits per heavy atom. The highest BCUT2D eigenvalue weighted by atomic mass is 16.5. The first kappa shape index (κ1) is 14.5. The van der Waals surface area contributed by atoms with Gasteiger partial charge >= 0.3 is 0 Å². The minimum atomic E-state index is -0.419. The molecule has 0 spiro atoms. The van der Waals surface area contributed by atoms with Crippen LogP contribution in [0.4, 0.5) is 0 Å². The van der Waals surface area contributed by atoms with E-state index in [1.54, 1.807) is 19.2 Å². The van der Waals surface area contributed by atoms with Gasteiger partial charge in [0.15, 0.2) is 0 Å². The van der Waals surface area contributed by atoms with Crippen LogP contribution in [0.1, 0.15) is 31.1 Å². The summed E-state index contributed by atoms with van der Waals surface area (Å²) >= 11 is 0. The van der Waals surface area contributed by atoms with Gasteiger partial charge in [-0.25, -0.2) is 0 Å². The van der Waals surface area contributed by atoms with Crippen molar-refractivity contribution in [3.63, 3.8) is 0 Å². The topological polar surface area (TPSA) is 64.3 Å². The molecule has 0 fully saturated rings. The maximum Gasteiger partial charge on any atom is 0.255 e. The molecule has 3 N–H and O–H groups in total. The summed E-state index contributed by atoms with van der Waals surface area (Å²) in [7, 11) is 1.55. The Kier molecular flexibility index (Phi) is 4.73. The van der Waals surface area contributed by atoms with Crippen LogP contribution in [-0.2, 0) is 0 Å². The highest BCUT2D eigenvalue weighted by Crippen LogP contribution is 2.20. The Labute approximate surface area is 109 Å². The van der Waals surface area contributed by atoms with E-state index in [0.29, 0.717) is 17.9 Å². The third-order valence-electron chi connectivity index (χ3n) is 3.45. The lowest BCUT2D eigenvalue weighted by Crippen LogP contribution is -2.55. The van der Waals surface area contributed by atoms with Crippen molar-refractivity contribution in [1.29, 1.82) is 0 Å². The molecule has 0 aliphatic carbocycles. The van der Waals surface area contributed by atoms with Gasteiger partial charge in [-0.15, -0.1) is 0 Å². The van der Waals surface area contributed by atoms with Gasteiger partial charge in [-0.05, 0) is 25.0 Å². The average molecular weight is 250 g/mol. The van der Waals surface area contributed by atoms with E-state index in [4.69, 9.17) is 10.5 Å². The molecule has 1 atom stereocenters. The number of hydrogen-bond donors (Lipinski definition) is 2. The number of ether oxygens (including phenoxy) is 1. The molecule has 1 unspecified atom stereocenters. The molecule has 100 valence electrons. The van der Waals surface area contributed by atoms with E-state index in [1.807, 2.05) is 32.9 Å². The molecule has 0 bridgehead atoms. The van der Waals surface area contributed by atoms with Crippen LogP contribution in [0.5, 0.6) is 5.75 Å². The van der Waals surface area contributed by atoms with E-state index in [-0.39, 0.29) is 11.8 Å². The Morgan fingerprint density at radius 1 is 1.44 bits per heavy atom. The number of nitrogens with one attached hydrogen (secondary N) is 1. The largest absolute Gasteiger partial charge is 0.496 e. The van der Waals surface area contributed by atoms with Gasteiger partial charge in [0.05, 0.1) is 18.2 Å². The van der Waals surface area contributed by atoms with Crippen LogP contribution in [0.15, 0.2) is 24.3 Å². The third-order valence-corrected chi connectivity index (χ3v) is 3.45. The number of methoxy groups -OCH3 is 1. The summed E-state index contributed by atoms with van der Waals surface area (Å²) in [5.74, 6) is 0.661. The molecule has 0 saturated heterocycles. The second-order valence-electron chi connectivity index (χ2n) is 4.93. The number of carbonyl (C=O) groups excluding carboxylic acids is 1. The van der Waals surface area contributed by atoms with Crippen molar-refractivity contribution in [3.05, 3.63) is 29.8 Å². The van der Waals surface area contributed by atoms with Crippen LogP contribution in [0.25, 0.3) is 0 Å². The van der Waals surface area contributed by atoms with Crippen LogP contribution < -0.4 is 15.8 Å². The zero-order valence-corrected chi connectivity index (χ0v) is 11.5. The zero-order chi connectivity index (χ0) is 13.8. The minimum absolute atomic E-state index is 0.158. The summed E-state index contributed by atoms with van der Waals surface area (Å²) in [4.78, 5) is 12.3. The first-order valence-corrected chi connectivity index (χ1v) is 6.10. The van der Waals surface area contributed by atoms with Crippen molar-refractivity contribution >= 4 is 5.91 Å². The number of hydrogen-bond acceptors (Lipinski definition) is 3. The van der Waals surface area contributed by atoms with E-state index in [1.165, 1.54) is 0 Å². The molecule has 0 heterocycles. The van der Waals surface area contributed by atoms with Crippen LogP contribution in [0.2, 0.25) is 0 Å². The molecule has 0 saturated carbocycles. The molecular weight excluding hydrogens is 228 g/mol. The second kappa shape index (κ2) is 5.87. The van der Waals surface area contributed by atoms with Crippen LogP contribution in [-0.4, -0.2) is 25.1 Å². The molecule has 4 nitrogen and oxygen atoms in total. The Hall–Kier alpha value is -1.55. The Morgan fingerprint density at radius 2 is 2.06 bits per heavy atom. The normalized spacial score (nSPS) is 14.1. The van der Waals surface area contributed by atoms with Crippen molar-refractivity contribution in [2.45, 2.75) is 26.3 Å². The zero-order valence-electron chi connectivity index (χ0n) is 11.5. The lowest BCUT2D eigenvalue weighted by molar-refractivity contribution is 0.0880. The van der Waals surface area contributed by atoms with Gasteiger partial charge < -0.3 is 15.8 Å². The molecule has 0 aliphatic heterocycles. The number of benzene rings is 1. The number of para-hydroxylation sites is 1. The second-order valence-corrected chi connectivity index (χ2v) is 4.93. The van der Waals surface area contributed by atoms with Crippen molar-refractivity contribution < 1.29 is 9.53 Å². The highest BCUT2D eigenvalue weighted by Gasteiger charge is 2.29. The molecule has 1 aromatic carbocycles. The van der Waals surface area contributed by atoms with Crippen LogP contribution >= 0.6 is 0 Å². The number of nitrogens with two attached hydrogens (primary N) is 1. The van der Waals surface area contributed by atoms with Gasteiger partial charge in [0, 0.05) is 6.54 Å². The van der Waals surface area contributed by atoms with Crippen molar-refractivity contribution in [1.82, 2.24) is 5.32 Å². The molecule has 1 aromatic rings. The predicted molar refractivity (Wildman–Crippen MR) is 72.8 cm³/mol. The molecule has 0 radical (unpaired) electrons. The van der Waals surface area contributed by atoms with Gasteiger partial charge in [-0.1, -0.05) is 26.0 Å². The van der Waals surface area contributed by atoms with Crippen LogP contribution in [0, 0.1) is 5.92 Å². The molecule has 0 aromatic heterocycles. The van der Waals surface area contributed by atoms with Gasteiger partial charge in [0.25, 0.3) is 5.91 Å². The summed E-state index contributed by atoms with van der Waals surface area (Å²) in [5.41, 5.74) is 5.87. The quantitative estimate of drug-likeness (QED) is 0.837. The fourth-order valence-electron chi connectivity index (χ4n) is 1.59. The third kappa shape index (κ3) is 3.01. The summed E-state index contributed by atoms with van der Waals surface area (Å²) < 4.78 is 5.18. The SMILES string of the molecule is COc1ccccc1C(=O)NC(C)(CN)C(C)C. The van der Waals surface area contributed by atoms with Crippen molar-refractivity contribution in [3.8, 4) is 5.75 Å².